The average Bonchev–Trinajstić information content (AvgIpc) is 2.80. The van der Waals surface area contributed by atoms with Crippen LogP contribution in [0.4, 0.5) is 0 Å². The zero-order valence-electron chi connectivity index (χ0n) is 8.52. The molecule has 1 aromatic heterocycles. The van der Waals surface area contributed by atoms with Crippen molar-refractivity contribution in [1.29, 1.82) is 0 Å². The highest BCUT2D eigenvalue weighted by Gasteiger charge is 2.17. The van der Waals surface area contributed by atoms with Crippen molar-refractivity contribution in [2.75, 3.05) is 6.54 Å². The van der Waals surface area contributed by atoms with Gasteiger partial charge >= 0.3 is 0 Å². The minimum Gasteiger partial charge on any atom is -0.329 e. The van der Waals surface area contributed by atoms with E-state index in [0.29, 0.717) is 6.54 Å². The lowest BCUT2D eigenvalue weighted by molar-refractivity contribution is 0.509. The second-order valence-corrected chi connectivity index (χ2v) is 4.08. The van der Waals surface area contributed by atoms with Gasteiger partial charge in [0.15, 0.2) is 0 Å². The van der Waals surface area contributed by atoms with Crippen molar-refractivity contribution in [2.24, 2.45) is 11.7 Å². The molecule has 4 heteroatoms. The maximum absolute atomic E-state index is 5.52. The molecular weight excluding hydrogens is 176 g/mol. The molecule has 0 unspecified atom stereocenters. The van der Waals surface area contributed by atoms with Crippen LogP contribution in [0.15, 0.2) is 6.33 Å². The van der Waals surface area contributed by atoms with Gasteiger partial charge in [0, 0.05) is 19.5 Å². The second kappa shape index (κ2) is 4.55. The van der Waals surface area contributed by atoms with Crippen LogP contribution in [0, 0.1) is 5.92 Å². The van der Waals surface area contributed by atoms with E-state index in [1.54, 1.807) is 6.33 Å². The quantitative estimate of drug-likeness (QED) is 0.777. The SMILES string of the molecule is NCCn1cnnc1CC1CCCC1. The first kappa shape index (κ1) is 9.65. The van der Waals surface area contributed by atoms with Gasteiger partial charge in [-0.25, -0.2) is 0 Å². The molecule has 1 saturated carbocycles. The van der Waals surface area contributed by atoms with Crippen LogP contribution in [-0.4, -0.2) is 21.3 Å². The van der Waals surface area contributed by atoms with E-state index in [4.69, 9.17) is 5.73 Å². The van der Waals surface area contributed by atoms with Crippen molar-refractivity contribution >= 4 is 0 Å². The van der Waals surface area contributed by atoms with E-state index >= 15 is 0 Å². The molecule has 0 aromatic carbocycles. The first-order valence-corrected chi connectivity index (χ1v) is 5.47. The van der Waals surface area contributed by atoms with Gasteiger partial charge in [-0.15, -0.1) is 10.2 Å². The van der Waals surface area contributed by atoms with Gasteiger partial charge in [0.05, 0.1) is 0 Å². The Morgan fingerprint density at radius 2 is 2.21 bits per heavy atom. The smallest absolute Gasteiger partial charge is 0.133 e. The molecular formula is C10H18N4. The maximum atomic E-state index is 5.52. The lowest BCUT2D eigenvalue weighted by Crippen LogP contribution is -2.13. The van der Waals surface area contributed by atoms with Gasteiger partial charge in [0.1, 0.15) is 12.2 Å². The summed E-state index contributed by atoms with van der Waals surface area (Å²) in [6.07, 6.45) is 8.35. The lowest BCUT2D eigenvalue weighted by atomic mass is 10.0. The molecule has 0 aliphatic heterocycles. The standard InChI is InChI=1S/C10H18N4/c11-5-6-14-8-12-13-10(14)7-9-3-1-2-4-9/h8-9H,1-7,11H2. The van der Waals surface area contributed by atoms with E-state index in [2.05, 4.69) is 14.8 Å². The Morgan fingerprint density at radius 1 is 1.43 bits per heavy atom. The first-order chi connectivity index (χ1) is 6.90. The molecule has 2 N–H and O–H groups in total. The van der Waals surface area contributed by atoms with E-state index in [9.17, 15) is 0 Å². The number of rotatable bonds is 4. The summed E-state index contributed by atoms with van der Waals surface area (Å²) in [4.78, 5) is 0. The van der Waals surface area contributed by atoms with E-state index in [1.165, 1.54) is 25.7 Å². The van der Waals surface area contributed by atoms with Crippen LogP contribution in [0.5, 0.6) is 0 Å². The van der Waals surface area contributed by atoms with Gasteiger partial charge in [-0.05, 0) is 5.92 Å². The van der Waals surface area contributed by atoms with Crippen molar-refractivity contribution in [1.82, 2.24) is 14.8 Å². The molecule has 0 bridgehead atoms. The maximum Gasteiger partial charge on any atom is 0.133 e. The summed E-state index contributed by atoms with van der Waals surface area (Å²) in [5, 5.41) is 8.10. The van der Waals surface area contributed by atoms with Crippen molar-refractivity contribution in [2.45, 2.75) is 38.6 Å². The number of aromatic nitrogens is 3. The molecule has 0 amide bonds. The van der Waals surface area contributed by atoms with Crippen molar-refractivity contribution in [3.05, 3.63) is 12.2 Å². The first-order valence-electron chi connectivity index (χ1n) is 5.47. The number of nitrogens with zero attached hydrogens (tertiary/aromatic N) is 3. The molecule has 1 heterocycles. The molecule has 1 aromatic rings. The third-order valence-electron chi connectivity index (χ3n) is 3.01. The van der Waals surface area contributed by atoms with Crippen molar-refractivity contribution < 1.29 is 0 Å². The molecule has 0 atom stereocenters. The number of hydrogen-bond acceptors (Lipinski definition) is 3. The second-order valence-electron chi connectivity index (χ2n) is 4.08. The Morgan fingerprint density at radius 3 is 2.93 bits per heavy atom. The molecule has 4 nitrogen and oxygen atoms in total. The molecule has 1 fully saturated rings. The third kappa shape index (κ3) is 2.12. The highest BCUT2D eigenvalue weighted by Crippen LogP contribution is 2.27. The predicted molar refractivity (Wildman–Crippen MR) is 54.7 cm³/mol. The van der Waals surface area contributed by atoms with E-state index in [1.807, 2.05) is 0 Å². The molecule has 2 rings (SSSR count). The van der Waals surface area contributed by atoms with E-state index in [0.717, 1.165) is 24.7 Å². The Hall–Kier alpha value is -0.900. The molecule has 0 spiro atoms. The Labute approximate surface area is 84.5 Å². The Balaban J connectivity index is 1.96. The van der Waals surface area contributed by atoms with Crippen molar-refractivity contribution in [3.63, 3.8) is 0 Å². The lowest BCUT2D eigenvalue weighted by Gasteiger charge is -2.09. The van der Waals surface area contributed by atoms with Crippen LogP contribution in [-0.2, 0) is 13.0 Å². The predicted octanol–water partition coefficient (Wildman–Crippen LogP) is 0.969. The normalized spacial score (nSPS) is 17.8. The number of hydrogen-bond donors (Lipinski definition) is 1. The van der Waals surface area contributed by atoms with Crippen molar-refractivity contribution in [3.8, 4) is 0 Å². The highest BCUT2D eigenvalue weighted by atomic mass is 15.3. The summed E-state index contributed by atoms with van der Waals surface area (Å²) in [7, 11) is 0. The summed E-state index contributed by atoms with van der Waals surface area (Å²) in [5.41, 5.74) is 5.52. The van der Waals surface area contributed by atoms with E-state index in [-0.39, 0.29) is 0 Å². The largest absolute Gasteiger partial charge is 0.329 e. The molecule has 1 aliphatic carbocycles. The minimum absolute atomic E-state index is 0.662. The van der Waals surface area contributed by atoms with Crippen LogP contribution >= 0.6 is 0 Å². The Kier molecular flexibility index (Phi) is 3.14. The molecule has 78 valence electrons. The highest BCUT2D eigenvalue weighted by molar-refractivity contribution is 4.89. The zero-order valence-corrected chi connectivity index (χ0v) is 8.52. The minimum atomic E-state index is 0.662. The molecule has 1 aliphatic rings. The monoisotopic (exact) mass is 194 g/mol. The van der Waals surface area contributed by atoms with Crippen LogP contribution in [0.3, 0.4) is 0 Å². The molecule has 0 radical (unpaired) electrons. The summed E-state index contributed by atoms with van der Waals surface area (Å²) >= 11 is 0. The summed E-state index contributed by atoms with van der Waals surface area (Å²) < 4.78 is 2.08. The van der Waals surface area contributed by atoms with Crippen LogP contribution in [0.1, 0.15) is 31.5 Å². The molecule has 14 heavy (non-hydrogen) atoms. The van der Waals surface area contributed by atoms with E-state index < -0.39 is 0 Å². The van der Waals surface area contributed by atoms with Gasteiger partial charge < -0.3 is 10.3 Å². The fraction of sp³-hybridized carbons (Fsp3) is 0.800. The fourth-order valence-electron chi connectivity index (χ4n) is 2.24. The van der Waals surface area contributed by atoms with Crippen LogP contribution in [0.2, 0.25) is 0 Å². The van der Waals surface area contributed by atoms with Gasteiger partial charge in [-0.3, -0.25) is 0 Å². The van der Waals surface area contributed by atoms with Gasteiger partial charge in [0.25, 0.3) is 0 Å². The number of nitrogens with two attached hydrogens (primary N) is 1. The summed E-state index contributed by atoms with van der Waals surface area (Å²) in [6.45, 7) is 1.50. The van der Waals surface area contributed by atoms with Crippen LogP contribution in [0.25, 0.3) is 0 Å². The van der Waals surface area contributed by atoms with Gasteiger partial charge in [0.2, 0.25) is 0 Å². The van der Waals surface area contributed by atoms with Gasteiger partial charge in [-0.2, -0.15) is 0 Å². The summed E-state index contributed by atoms with van der Waals surface area (Å²) in [6, 6.07) is 0. The Bertz CT molecular complexity index is 275. The van der Waals surface area contributed by atoms with Gasteiger partial charge in [-0.1, -0.05) is 25.7 Å². The van der Waals surface area contributed by atoms with Crippen LogP contribution < -0.4 is 5.73 Å². The fourth-order valence-corrected chi connectivity index (χ4v) is 2.24. The summed E-state index contributed by atoms with van der Waals surface area (Å²) in [5.74, 6) is 1.94. The average molecular weight is 194 g/mol. The zero-order chi connectivity index (χ0) is 9.80. The third-order valence-corrected chi connectivity index (χ3v) is 3.01. The molecule has 0 saturated heterocycles. The topological polar surface area (TPSA) is 56.7 Å².